The number of carbonyl (C=O) groups is 2. The van der Waals surface area contributed by atoms with Crippen LogP contribution in [0.4, 0.5) is 4.39 Å². The lowest BCUT2D eigenvalue weighted by molar-refractivity contribution is 0.0679. The van der Waals surface area contributed by atoms with Crippen LogP contribution in [0.5, 0.6) is 0 Å². The standard InChI is InChI=1S/C15H12FN5O3/c1-8-6-9(2-3-10(8)16)7-17-14(22)12-19-11-4-5-18-21(11)13(20-12)15(23)24/h2-6H,7H2,1H3,(H,17,22)(H,23,24). The van der Waals surface area contributed by atoms with Crippen molar-refractivity contribution in [3.8, 4) is 0 Å². The fourth-order valence-corrected chi connectivity index (χ4v) is 2.14. The van der Waals surface area contributed by atoms with E-state index < -0.39 is 17.7 Å². The summed E-state index contributed by atoms with van der Waals surface area (Å²) in [4.78, 5) is 31.1. The van der Waals surface area contributed by atoms with E-state index in [1.807, 2.05) is 0 Å². The van der Waals surface area contributed by atoms with Crippen molar-refractivity contribution < 1.29 is 19.1 Å². The maximum atomic E-state index is 13.2. The Hall–Kier alpha value is -3.36. The molecule has 0 spiro atoms. The number of benzene rings is 1. The molecular weight excluding hydrogens is 317 g/mol. The van der Waals surface area contributed by atoms with Crippen LogP contribution < -0.4 is 5.32 Å². The Morgan fingerprint density at radius 1 is 1.29 bits per heavy atom. The molecule has 1 amide bonds. The number of nitrogens with zero attached hydrogens (tertiary/aromatic N) is 4. The molecule has 0 aliphatic heterocycles. The average molecular weight is 329 g/mol. The molecule has 0 unspecified atom stereocenters. The molecule has 0 atom stereocenters. The van der Waals surface area contributed by atoms with E-state index in [0.29, 0.717) is 11.1 Å². The molecule has 8 nitrogen and oxygen atoms in total. The van der Waals surface area contributed by atoms with E-state index in [0.717, 1.165) is 4.52 Å². The molecule has 9 heteroatoms. The SMILES string of the molecule is Cc1cc(CNC(=O)c2nc(C(=O)O)n3nccc3n2)ccc1F. The lowest BCUT2D eigenvalue weighted by atomic mass is 10.1. The number of aromatic nitrogens is 4. The number of halogens is 1. The maximum Gasteiger partial charge on any atom is 0.374 e. The molecule has 24 heavy (non-hydrogen) atoms. The van der Waals surface area contributed by atoms with Crippen LogP contribution in [0.25, 0.3) is 5.65 Å². The zero-order chi connectivity index (χ0) is 17.3. The zero-order valence-corrected chi connectivity index (χ0v) is 12.5. The number of aromatic carboxylic acids is 1. The average Bonchev–Trinajstić information content (AvgIpc) is 3.03. The van der Waals surface area contributed by atoms with Crippen molar-refractivity contribution in [1.82, 2.24) is 24.9 Å². The summed E-state index contributed by atoms with van der Waals surface area (Å²) in [5.74, 6) is -2.98. The van der Waals surface area contributed by atoms with Gasteiger partial charge in [0.15, 0.2) is 5.65 Å². The number of hydrogen-bond acceptors (Lipinski definition) is 5. The van der Waals surface area contributed by atoms with Crippen molar-refractivity contribution in [3.63, 3.8) is 0 Å². The summed E-state index contributed by atoms with van der Waals surface area (Å²) < 4.78 is 14.3. The Labute approximate surface area is 135 Å². The molecule has 0 radical (unpaired) electrons. The summed E-state index contributed by atoms with van der Waals surface area (Å²) >= 11 is 0. The molecule has 3 aromatic rings. The van der Waals surface area contributed by atoms with E-state index in [4.69, 9.17) is 5.11 Å². The molecule has 0 aliphatic rings. The van der Waals surface area contributed by atoms with Gasteiger partial charge in [-0.2, -0.15) is 14.6 Å². The van der Waals surface area contributed by atoms with Crippen molar-refractivity contribution in [3.05, 3.63) is 59.1 Å². The molecule has 122 valence electrons. The normalized spacial score (nSPS) is 10.8. The molecule has 0 fully saturated rings. The zero-order valence-electron chi connectivity index (χ0n) is 12.5. The monoisotopic (exact) mass is 329 g/mol. The number of nitrogens with one attached hydrogen (secondary N) is 1. The summed E-state index contributed by atoms with van der Waals surface area (Å²) in [6.07, 6.45) is 1.36. The maximum absolute atomic E-state index is 13.2. The van der Waals surface area contributed by atoms with Gasteiger partial charge in [0.05, 0.1) is 6.20 Å². The number of aryl methyl sites for hydroxylation is 1. The summed E-state index contributed by atoms with van der Waals surface area (Å²) in [5, 5.41) is 15.5. The highest BCUT2D eigenvalue weighted by atomic mass is 19.1. The minimum atomic E-state index is -1.32. The lowest BCUT2D eigenvalue weighted by Gasteiger charge is -2.07. The van der Waals surface area contributed by atoms with Gasteiger partial charge in [0.2, 0.25) is 11.6 Å². The molecule has 1 aromatic carbocycles. The van der Waals surface area contributed by atoms with Crippen molar-refractivity contribution >= 4 is 17.5 Å². The minimum absolute atomic E-state index is 0.135. The number of fused-ring (bicyclic) bond motifs is 1. The second kappa shape index (κ2) is 6.03. The van der Waals surface area contributed by atoms with Crippen LogP contribution in [-0.4, -0.2) is 36.6 Å². The summed E-state index contributed by atoms with van der Waals surface area (Å²) in [7, 11) is 0. The third-order valence-electron chi connectivity index (χ3n) is 3.33. The van der Waals surface area contributed by atoms with Gasteiger partial charge in [-0.05, 0) is 24.1 Å². The van der Waals surface area contributed by atoms with Crippen LogP contribution in [0.1, 0.15) is 32.4 Å². The quantitative estimate of drug-likeness (QED) is 0.744. The number of carbonyl (C=O) groups excluding carboxylic acids is 1. The van der Waals surface area contributed by atoms with Gasteiger partial charge in [0.1, 0.15) is 5.82 Å². The van der Waals surface area contributed by atoms with E-state index in [2.05, 4.69) is 20.4 Å². The fraction of sp³-hybridized carbons (Fsp3) is 0.133. The third-order valence-corrected chi connectivity index (χ3v) is 3.33. The summed E-state index contributed by atoms with van der Waals surface area (Å²) in [6.45, 7) is 1.76. The first kappa shape index (κ1) is 15.5. The smallest absolute Gasteiger partial charge is 0.374 e. The van der Waals surface area contributed by atoms with Crippen molar-refractivity contribution in [2.75, 3.05) is 0 Å². The van der Waals surface area contributed by atoms with Crippen LogP contribution in [0.2, 0.25) is 0 Å². The van der Waals surface area contributed by atoms with Crippen LogP contribution in [0, 0.1) is 12.7 Å². The number of hydrogen-bond donors (Lipinski definition) is 2. The molecule has 3 rings (SSSR count). The second-order valence-corrected chi connectivity index (χ2v) is 5.04. The predicted octanol–water partition coefficient (Wildman–Crippen LogP) is 1.20. The summed E-state index contributed by atoms with van der Waals surface area (Å²) in [5.41, 5.74) is 1.36. The fourth-order valence-electron chi connectivity index (χ4n) is 2.14. The second-order valence-electron chi connectivity index (χ2n) is 5.04. The highest BCUT2D eigenvalue weighted by Gasteiger charge is 2.18. The molecule has 2 aromatic heterocycles. The van der Waals surface area contributed by atoms with Crippen LogP contribution >= 0.6 is 0 Å². The Balaban J connectivity index is 1.83. The highest BCUT2D eigenvalue weighted by molar-refractivity contribution is 5.92. The van der Waals surface area contributed by atoms with Gasteiger partial charge in [0.25, 0.3) is 5.91 Å². The van der Waals surface area contributed by atoms with Gasteiger partial charge >= 0.3 is 5.97 Å². The number of amides is 1. The van der Waals surface area contributed by atoms with Gasteiger partial charge in [-0.15, -0.1) is 0 Å². The third kappa shape index (κ3) is 2.91. The first-order chi connectivity index (χ1) is 11.5. The van der Waals surface area contributed by atoms with E-state index in [-0.39, 0.29) is 23.8 Å². The van der Waals surface area contributed by atoms with Gasteiger partial charge in [0, 0.05) is 12.6 Å². The van der Waals surface area contributed by atoms with Crippen LogP contribution in [0.15, 0.2) is 30.5 Å². The van der Waals surface area contributed by atoms with Crippen LogP contribution in [0.3, 0.4) is 0 Å². The Bertz CT molecular complexity index is 953. The van der Waals surface area contributed by atoms with E-state index in [9.17, 15) is 14.0 Å². The van der Waals surface area contributed by atoms with Crippen molar-refractivity contribution in [1.29, 1.82) is 0 Å². The van der Waals surface area contributed by atoms with E-state index in [1.165, 1.54) is 18.3 Å². The van der Waals surface area contributed by atoms with Crippen LogP contribution in [-0.2, 0) is 6.54 Å². The molecule has 0 aliphatic carbocycles. The number of carboxylic acids is 1. The van der Waals surface area contributed by atoms with Crippen molar-refractivity contribution in [2.45, 2.75) is 13.5 Å². The molecule has 0 bridgehead atoms. The predicted molar refractivity (Wildman–Crippen MR) is 80.0 cm³/mol. The van der Waals surface area contributed by atoms with Gasteiger partial charge < -0.3 is 10.4 Å². The Morgan fingerprint density at radius 3 is 2.79 bits per heavy atom. The first-order valence-electron chi connectivity index (χ1n) is 6.94. The Kier molecular flexibility index (Phi) is 3.90. The molecular formula is C15H12FN5O3. The molecule has 0 saturated carbocycles. The molecule has 0 saturated heterocycles. The van der Waals surface area contributed by atoms with Gasteiger partial charge in [-0.1, -0.05) is 12.1 Å². The lowest BCUT2D eigenvalue weighted by Crippen LogP contribution is -2.27. The number of rotatable bonds is 4. The van der Waals surface area contributed by atoms with Gasteiger partial charge in [-0.3, -0.25) is 4.79 Å². The molecule has 2 N–H and O–H groups in total. The number of carboxylic acid groups (broad SMARTS) is 1. The van der Waals surface area contributed by atoms with E-state index >= 15 is 0 Å². The summed E-state index contributed by atoms with van der Waals surface area (Å²) in [6, 6.07) is 5.94. The van der Waals surface area contributed by atoms with Gasteiger partial charge in [-0.25, -0.2) is 14.2 Å². The van der Waals surface area contributed by atoms with E-state index in [1.54, 1.807) is 19.1 Å². The largest absolute Gasteiger partial charge is 0.475 e. The highest BCUT2D eigenvalue weighted by Crippen LogP contribution is 2.09. The molecule has 2 heterocycles. The minimum Gasteiger partial charge on any atom is -0.475 e. The first-order valence-corrected chi connectivity index (χ1v) is 6.94. The van der Waals surface area contributed by atoms with Crippen molar-refractivity contribution in [2.24, 2.45) is 0 Å². The topological polar surface area (TPSA) is 109 Å². The Morgan fingerprint density at radius 2 is 2.08 bits per heavy atom.